The predicted octanol–water partition coefficient (Wildman–Crippen LogP) is 7.44. The van der Waals surface area contributed by atoms with Crippen molar-refractivity contribution in [3.8, 4) is 17.1 Å². The molecule has 0 saturated carbocycles. The van der Waals surface area contributed by atoms with Crippen molar-refractivity contribution in [1.29, 1.82) is 0 Å². The van der Waals surface area contributed by atoms with Crippen molar-refractivity contribution in [2.45, 2.75) is 83.9 Å². The highest BCUT2D eigenvalue weighted by Crippen LogP contribution is 2.37. The molecule has 0 amide bonds. The summed E-state index contributed by atoms with van der Waals surface area (Å²) in [6.07, 6.45) is 3.58. The van der Waals surface area contributed by atoms with Gasteiger partial charge in [-0.3, -0.25) is 0 Å². The van der Waals surface area contributed by atoms with Crippen LogP contribution in [-0.2, 0) is 15.9 Å². The molecule has 2 rings (SSSR count). The Hall–Kier alpha value is -2.26. The standard InChI is InChI=1S/C26H36F4N2O3/c1-3-5-7-8-9-10-11-21-19-31-24(32-20-21)22-12-14-23(15-13-22)35-26(29,30)25(27,28)34-18-17-33-16-6-4-2/h12-15,19-20H,3-11,16-18H2,1-2H3. The van der Waals surface area contributed by atoms with Crippen LogP contribution in [0.1, 0.15) is 70.8 Å². The van der Waals surface area contributed by atoms with Gasteiger partial charge in [0.05, 0.1) is 13.2 Å². The van der Waals surface area contributed by atoms with Crippen LogP contribution in [0.4, 0.5) is 17.6 Å². The number of hydrogen-bond donors (Lipinski definition) is 0. The van der Waals surface area contributed by atoms with E-state index in [1.807, 2.05) is 6.92 Å². The third-order valence-electron chi connectivity index (χ3n) is 5.37. The molecular formula is C26H36F4N2O3. The Labute approximate surface area is 205 Å². The normalized spacial score (nSPS) is 12.2. The highest BCUT2D eigenvalue weighted by atomic mass is 19.3. The first-order valence-electron chi connectivity index (χ1n) is 12.4. The SMILES string of the molecule is CCCCCCCCc1cnc(-c2ccc(OC(F)(F)C(F)(F)OCCOCCCC)cc2)nc1. The molecule has 0 fully saturated rings. The molecule has 1 aromatic carbocycles. The summed E-state index contributed by atoms with van der Waals surface area (Å²) < 4.78 is 69.1. The van der Waals surface area contributed by atoms with Crippen LogP contribution in [0.5, 0.6) is 5.75 Å². The van der Waals surface area contributed by atoms with E-state index >= 15 is 0 Å². The van der Waals surface area contributed by atoms with Gasteiger partial charge in [-0.2, -0.15) is 17.6 Å². The maximum absolute atomic E-state index is 14.0. The molecule has 5 nitrogen and oxygen atoms in total. The largest absolute Gasteiger partial charge is 0.494 e. The molecule has 0 N–H and O–H groups in total. The van der Waals surface area contributed by atoms with Gasteiger partial charge in [-0.1, -0.05) is 52.4 Å². The van der Waals surface area contributed by atoms with Crippen LogP contribution in [0.2, 0.25) is 0 Å². The highest BCUT2D eigenvalue weighted by Gasteiger charge is 2.61. The first kappa shape index (κ1) is 29.0. The van der Waals surface area contributed by atoms with Gasteiger partial charge in [0.2, 0.25) is 0 Å². The number of unbranched alkanes of at least 4 members (excludes halogenated alkanes) is 6. The lowest BCUT2D eigenvalue weighted by molar-refractivity contribution is -0.408. The van der Waals surface area contributed by atoms with Gasteiger partial charge in [-0.05, 0) is 49.1 Å². The van der Waals surface area contributed by atoms with E-state index in [4.69, 9.17) is 4.74 Å². The van der Waals surface area contributed by atoms with E-state index in [-0.39, 0.29) is 6.61 Å². The summed E-state index contributed by atoms with van der Waals surface area (Å²) in [6.45, 7) is 3.60. The van der Waals surface area contributed by atoms with Crippen LogP contribution in [0.25, 0.3) is 11.4 Å². The molecule has 1 heterocycles. The molecule has 0 unspecified atom stereocenters. The quantitative estimate of drug-likeness (QED) is 0.157. The first-order chi connectivity index (χ1) is 16.8. The van der Waals surface area contributed by atoms with Crippen molar-refractivity contribution in [1.82, 2.24) is 9.97 Å². The second-order valence-corrected chi connectivity index (χ2v) is 8.41. The van der Waals surface area contributed by atoms with E-state index in [1.54, 1.807) is 12.4 Å². The fourth-order valence-electron chi connectivity index (χ4n) is 3.28. The van der Waals surface area contributed by atoms with Crippen molar-refractivity contribution in [2.75, 3.05) is 19.8 Å². The maximum atomic E-state index is 14.0. The molecule has 2 aromatic rings. The molecule has 0 spiro atoms. The molecule has 35 heavy (non-hydrogen) atoms. The summed E-state index contributed by atoms with van der Waals surface area (Å²) in [5, 5.41) is 0. The first-order valence-corrected chi connectivity index (χ1v) is 12.4. The lowest BCUT2D eigenvalue weighted by Crippen LogP contribution is -2.47. The number of nitrogens with zero attached hydrogens (tertiary/aromatic N) is 2. The summed E-state index contributed by atoms with van der Waals surface area (Å²) >= 11 is 0. The summed E-state index contributed by atoms with van der Waals surface area (Å²) in [4.78, 5) is 8.66. The van der Waals surface area contributed by atoms with Crippen molar-refractivity contribution in [2.24, 2.45) is 0 Å². The summed E-state index contributed by atoms with van der Waals surface area (Å²) in [6, 6.07) is 5.21. The van der Waals surface area contributed by atoms with E-state index in [1.165, 1.54) is 56.4 Å². The number of aryl methyl sites for hydroxylation is 1. The molecule has 0 saturated heterocycles. The lowest BCUT2D eigenvalue weighted by Gasteiger charge is -2.26. The monoisotopic (exact) mass is 500 g/mol. The average Bonchev–Trinajstić information content (AvgIpc) is 2.84. The fourth-order valence-corrected chi connectivity index (χ4v) is 3.28. The molecule has 0 radical (unpaired) electrons. The summed E-state index contributed by atoms with van der Waals surface area (Å²) in [5.74, 6) is -0.0207. The number of benzene rings is 1. The zero-order valence-corrected chi connectivity index (χ0v) is 20.6. The smallest absolute Gasteiger partial charge is 0.426 e. The lowest BCUT2D eigenvalue weighted by atomic mass is 10.1. The number of halogens is 4. The molecular weight excluding hydrogens is 464 g/mol. The number of aromatic nitrogens is 2. The van der Waals surface area contributed by atoms with Gasteiger partial charge in [-0.15, -0.1) is 0 Å². The third kappa shape index (κ3) is 10.1. The van der Waals surface area contributed by atoms with Gasteiger partial charge < -0.3 is 14.2 Å². The van der Waals surface area contributed by atoms with Crippen LogP contribution in [0.15, 0.2) is 36.7 Å². The van der Waals surface area contributed by atoms with Crippen LogP contribution >= 0.6 is 0 Å². The van der Waals surface area contributed by atoms with Gasteiger partial charge >= 0.3 is 12.2 Å². The Morgan fingerprint density at radius 1 is 0.714 bits per heavy atom. The van der Waals surface area contributed by atoms with Crippen molar-refractivity contribution in [3.63, 3.8) is 0 Å². The van der Waals surface area contributed by atoms with Gasteiger partial charge in [0.1, 0.15) is 5.75 Å². The van der Waals surface area contributed by atoms with E-state index in [9.17, 15) is 17.6 Å². The molecule has 196 valence electrons. The van der Waals surface area contributed by atoms with Crippen LogP contribution < -0.4 is 4.74 Å². The van der Waals surface area contributed by atoms with E-state index in [0.29, 0.717) is 18.0 Å². The number of alkyl halides is 4. The fraction of sp³-hybridized carbons (Fsp3) is 0.615. The molecule has 0 atom stereocenters. The summed E-state index contributed by atoms with van der Waals surface area (Å²) in [5.41, 5.74) is 1.58. The van der Waals surface area contributed by atoms with E-state index in [2.05, 4.69) is 26.4 Å². The maximum Gasteiger partial charge on any atom is 0.494 e. The second-order valence-electron chi connectivity index (χ2n) is 8.41. The number of hydrogen-bond acceptors (Lipinski definition) is 5. The van der Waals surface area contributed by atoms with Crippen LogP contribution in [0, 0.1) is 0 Å². The minimum Gasteiger partial charge on any atom is -0.426 e. The Morgan fingerprint density at radius 3 is 2.00 bits per heavy atom. The Balaban J connectivity index is 1.84. The molecule has 0 aliphatic heterocycles. The highest BCUT2D eigenvalue weighted by molar-refractivity contribution is 5.55. The van der Waals surface area contributed by atoms with Crippen molar-refractivity contribution < 1.29 is 31.8 Å². The number of rotatable bonds is 18. The predicted molar refractivity (Wildman–Crippen MR) is 127 cm³/mol. The molecule has 1 aromatic heterocycles. The number of ether oxygens (including phenoxy) is 3. The van der Waals surface area contributed by atoms with E-state index < -0.39 is 24.6 Å². The van der Waals surface area contributed by atoms with Crippen molar-refractivity contribution in [3.05, 3.63) is 42.2 Å². The van der Waals surface area contributed by atoms with E-state index in [0.717, 1.165) is 31.2 Å². The van der Waals surface area contributed by atoms with Gasteiger partial charge in [0.15, 0.2) is 5.82 Å². The average molecular weight is 501 g/mol. The topological polar surface area (TPSA) is 53.5 Å². The minimum absolute atomic E-state index is 0.210. The van der Waals surface area contributed by atoms with Crippen molar-refractivity contribution >= 4 is 0 Å². The van der Waals surface area contributed by atoms with Gasteiger partial charge in [-0.25, -0.2) is 9.97 Å². The second kappa shape index (κ2) is 15.0. The zero-order valence-electron chi connectivity index (χ0n) is 20.6. The molecule has 0 bridgehead atoms. The molecule has 9 heteroatoms. The van der Waals surface area contributed by atoms with Crippen LogP contribution in [0.3, 0.4) is 0 Å². The van der Waals surface area contributed by atoms with Crippen LogP contribution in [-0.4, -0.2) is 42.0 Å². The Morgan fingerprint density at radius 2 is 1.34 bits per heavy atom. The Kier molecular flexibility index (Phi) is 12.4. The Bertz CT molecular complexity index is 833. The zero-order chi connectivity index (χ0) is 25.6. The van der Waals surface area contributed by atoms with Gasteiger partial charge in [0, 0.05) is 24.6 Å². The van der Waals surface area contributed by atoms with Gasteiger partial charge in [0.25, 0.3) is 0 Å². The third-order valence-corrected chi connectivity index (χ3v) is 5.37. The summed E-state index contributed by atoms with van der Waals surface area (Å²) in [7, 11) is 0. The molecule has 0 aliphatic rings. The molecule has 0 aliphatic carbocycles. The minimum atomic E-state index is -4.85.